The van der Waals surface area contributed by atoms with E-state index in [0.717, 1.165) is 38.5 Å². The SMILES string of the molecule is Nc1cnc(N2CCCOCC2)c(Cl)c1. The van der Waals surface area contributed by atoms with Gasteiger partial charge in [-0.1, -0.05) is 11.6 Å². The Morgan fingerprint density at radius 3 is 3.07 bits per heavy atom. The molecule has 2 heterocycles. The summed E-state index contributed by atoms with van der Waals surface area (Å²) in [6.45, 7) is 3.29. The van der Waals surface area contributed by atoms with E-state index in [-0.39, 0.29) is 0 Å². The maximum Gasteiger partial charge on any atom is 0.147 e. The van der Waals surface area contributed by atoms with Crippen molar-refractivity contribution in [3.63, 3.8) is 0 Å². The van der Waals surface area contributed by atoms with Gasteiger partial charge >= 0.3 is 0 Å². The quantitative estimate of drug-likeness (QED) is 0.791. The molecule has 0 spiro atoms. The molecule has 1 fully saturated rings. The summed E-state index contributed by atoms with van der Waals surface area (Å²) < 4.78 is 5.37. The normalized spacial score (nSPS) is 17.5. The van der Waals surface area contributed by atoms with Gasteiger partial charge in [-0.15, -0.1) is 0 Å². The second kappa shape index (κ2) is 4.68. The Bertz CT molecular complexity index is 337. The molecule has 0 amide bonds. The van der Waals surface area contributed by atoms with Crippen molar-refractivity contribution in [1.29, 1.82) is 0 Å². The molecule has 4 nitrogen and oxygen atoms in total. The van der Waals surface area contributed by atoms with Crippen LogP contribution in [0.4, 0.5) is 11.5 Å². The molecule has 0 saturated carbocycles. The van der Waals surface area contributed by atoms with Crippen LogP contribution in [0.2, 0.25) is 5.02 Å². The number of aromatic nitrogens is 1. The van der Waals surface area contributed by atoms with E-state index in [0.29, 0.717) is 10.7 Å². The van der Waals surface area contributed by atoms with E-state index in [1.54, 1.807) is 12.3 Å². The summed E-state index contributed by atoms with van der Waals surface area (Å²) in [5, 5.41) is 0.608. The van der Waals surface area contributed by atoms with Crippen LogP contribution in [-0.2, 0) is 4.74 Å². The van der Waals surface area contributed by atoms with Crippen molar-refractivity contribution in [1.82, 2.24) is 4.98 Å². The highest BCUT2D eigenvalue weighted by Crippen LogP contribution is 2.25. The second-order valence-electron chi connectivity index (χ2n) is 3.53. The summed E-state index contributed by atoms with van der Waals surface area (Å²) in [7, 11) is 0. The molecule has 1 aliphatic rings. The lowest BCUT2D eigenvalue weighted by Crippen LogP contribution is -2.27. The fraction of sp³-hybridized carbons (Fsp3) is 0.500. The fourth-order valence-corrected chi connectivity index (χ4v) is 1.93. The number of nitrogens with zero attached hydrogens (tertiary/aromatic N) is 2. The number of anilines is 2. The van der Waals surface area contributed by atoms with Crippen molar-refractivity contribution in [2.24, 2.45) is 0 Å². The number of rotatable bonds is 1. The summed E-state index contributed by atoms with van der Waals surface area (Å²) in [6.07, 6.45) is 2.63. The van der Waals surface area contributed by atoms with E-state index in [1.165, 1.54) is 0 Å². The standard InChI is InChI=1S/C10H14ClN3O/c11-9-6-8(12)7-13-10(9)14-2-1-4-15-5-3-14/h6-7H,1-5,12H2. The van der Waals surface area contributed by atoms with E-state index < -0.39 is 0 Å². The number of ether oxygens (including phenoxy) is 1. The fourth-order valence-electron chi connectivity index (χ4n) is 1.64. The third-order valence-corrected chi connectivity index (χ3v) is 2.64. The number of hydrogen-bond donors (Lipinski definition) is 1. The molecule has 1 saturated heterocycles. The first kappa shape index (κ1) is 10.5. The first-order chi connectivity index (χ1) is 7.27. The number of pyridine rings is 1. The van der Waals surface area contributed by atoms with Gasteiger partial charge in [0.2, 0.25) is 0 Å². The minimum absolute atomic E-state index is 0.592. The minimum atomic E-state index is 0.592. The van der Waals surface area contributed by atoms with E-state index in [2.05, 4.69) is 9.88 Å². The first-order valence-electron chi connectivity index (χ1n) is 5.01. The van der Waals surface area contributed by atoms with Gasteiger partial charge < -0.3 is 15.4 Å². The lowest BCUT2D eigenvalue weighted by Gasteiger charge is -2.21. The van der Waals surface area contributed by atoms with Crippen LogP contribution in [0.3, 0.4) is 0 Å². The van der Waals surface area contributed by atoms with Gasteiger partial charge in [0, 0.05) is 19.7 Å². The van der Waals surface area contributed by atoms with Gasteiger partial charge in [-0.05, 0) is 12.5 Å². The van der Waals surface area contributed by atoms with E-state index in [4.69, 9.17) is 22.1 Å². The first-order valence-corrected chi connectivity index (χ1v) is 5.39. The van der Waals surface area contributed by atoms with Gasteiger partial charge in [-0.2, -0.15) is 0 Å². The Kier molecular flexibility index (Phi) is 3.28. The smallest absolute Gasteiger partial charge is 0.147 e. The molecular formula is C10H14ClN3O. The van der Waals surface area contributed by atoms with Crippen LogP contribution in [0.5, 0.6) is 0 Å². The lowest BCUT2D eigenvalue weighted by atomic mass is 10.3. The van der Waals surface area contributed by atoms with E-state index in [9.17, 15) is 0 Å². The van der Waals surface area contributed by atoms with Crippen molar-refractivity contribution in [2.75, 3.05) is 36.9 Å². The van der Waals surface area contributed by atoms with Crippen molar-refractivity contribution in [3.8, 4) is 0 Å². The molecule has 2 rings (SSSR count). The number of halogens is 1. The summed E-state index contributed by atoms with van der Waals surface area (Å²) in [5.41, 5.74) is 6.19. The largest absolute Gasteiger partial charge is 0.397 e. The zero-order chi connectivity index (χ0) is 10.7. The third kappa shape index (κ3) is 2.52. The van der Waals surface area contributed by atoms with Crippen LogP contribution in [-0.4, -0.2) is 31.3 Å². The van der Waals surface area contributed by atoms with Crippen LogP contribution in [0.25, 0.3) is 0 Å². The molecule has 0 aromatic carbocycles. The van der Waals surface area contributed by atoms with E-state index in [1.807, 2.05) is 0 Å². The molecular weight excluding hydrogens is 214 g/mol. The number of hydrogen-bond acceptors (Lipinski definition) is 4. The summed E-state index contributed by atoms with van der Waals surface area (Å²) in [5.74, 6) is 0.802. The number of nitrogens with two attached hydrogens (primary N) is 1. The predicted molar refractivity (Wildman–Crippen MR) is 61.3 cm³/mol. The van der Waals surface area contributed by atoms with Crippen LogP contribution in [0.1, 0.15) is 6.42 Å². The molecule has 2 N–H and O–H groups in total. The molecule has 0 radical (unpaired) electrons. The van der Waals surface area contributed by atoms with Crippen LogP contribution in [0, 0.1) is 0 Å². The van der Waals surface area contributed by atoms with Crippen LogP contribution in [0.15, 0.2) is 12.3 Å². The Hall–Kier alpha value is -1.00. The van der Waals surface area contributed by atoms with Gasteiger partial charge in [0.25, 0.3) is 0 Å². The van der Waals surface area contributed by atoms with Gasteiger partial charge in [-0.3, -0.25) is 0 Å². The maximum atomic E-state index is 6.09. The molecule has 15 heavy (non-hydrogen) atoms. The lowest BCUT2D eigenvalue weighted by molar-refractivity contribution is 0.152. The summed E-state index contributed by atoms with van der Waals surface area (Å²) in [4.78, 5) is 6.39. The highest BCUT2D eigenvalue weighted by molar-refractivity contribution is 6.33. The topological polar surface area (TPSA) is 51.4 Å². The molecule has 1 aromatic heterocycles. The number of nitrogen functional groups attached to an aromatic ring is 1. The molecule has 1 aliphatic heterocycles. The third-order valence-electron chi connectivity index (χ3n) is 2.36. The van der Waals surface area contributed by atoms with Gasteiger partial charge in [0.05, 0.1) is 23.5 Å². The molecule has 0 bridgehead atoms. The minimum Gasteiger partial charge on any atom is -0.397 e. The molecule has 5 heteroatoms. The van der Waals surface area contributed by atoms with Gasteiger partial charge in [0.1, 0.15) is 5.82 Å². The van der Waals surface area contributed by atoms with Crippen molar-refractivity contribution >= 4 is 23.1 Å². The van der Waals surface area contributed by atoms with Gasteiger partial charge in [0.15, 0.2) is 0 Å². The average Bonchev–Trinajstić information content (AvgIpc) is 2.46. The Morgan fingerprint density at radius 1 is 1.40 bits per heavy atom. The Balaban J connectivity index is 2.19. The predicted octanol–water partition coefficient (Wildman–Crippen LogP) is 1.54. The molecule has 0 aliphatic carbocycles. The van der Waals surface area contributed by atoms with Crippen LogP contribution < -0.4 is 10.6 Å². The highest BCUT2D eigenvalue weighted by Gasteiger charge is 2.14. The van der Waals surface area contributed by atoms with Crippen molar-refractivity contribution in [3.05, 3.63) is 17.3 Å². The average molecular weight is 228 g/mol. The maximum absolute atomic E-state index is 6.09. The molecule has 0 unspecified atom stereocenters. The van der Waals surface area contributed by atoms with Gasteiger partial charge in [-0.25, -0.2) is 4.98 Å². The van der Waals surface area contributed by atoms with Crippen molar-refractivity contribution in [2.45, 2.75) is 6.42 Å². The zero-order valence-corrected chi connectivity index (χ0v) is 9.20. The zero-order valence-electron chi connectivity index (χ0n) is 8.45. The van der Waals surface area contributed by atoms with Crippen LogP contribution >= 0.6 is 11.6 Å². The molecule has 82 valence electrons. The molecule has 1 aromatic rings. The Morgan fingerprint density at radius 2 is 2.27 bits per heavy atom. The second-order valence-corrected chi connectivity index (χ2v) is 3.93. The Labute approximate surface area is 94.0 Å². The molecule has 0 atom stereocenters. The van der Waals surface area contributed by atoms with E-state index >= 15 is 0 Å². The van der Waals surface area contributed by atoms with Crippen molar-refractivity contribution < 1.29 is 4.74 Å². The summed E-state index contributed by atoms with van der Waals surface area (Å²) in [6, 6.07) is 1.73. The highest BCUT2D eigenvalue weighted by atomic mass is 35.5. The monoisotopic (exact) mass is 227 g/mol. The summed E-state index contributed by atoms with van der Waals surface area (Å²) >= 11 is 6.09.